The summed E-state index contributed by atoms with van der Waals surface area (Å²) in [5.41, 5.74) is 3.30. The summed E-state index contributed by atoms with van der Waals surface area (Å²) in [4.78, 5) is 33.1. The van der Waals surface area contributed by atoms with Gasteiger partial charge in [0.05, 0.1) is 23.6 Å². The first-order valence-corrected chi connectivity index (χ1v) is 11.6. The molecule has 0 saturated carbocycles. The first-order chi connectivity index (χ1) is 16.6. The summed E-state index contributed by atoms with van der Waals surface area (Å²) in [6, 6.07) is 16.3. The van der Waals surface area contributed by atoms with Crippen molar-refractivity contribution in [3.63, 3.8) is 0 Å². The number of hydrogen-bond donors (Lipinski definition) is 0. The van der Waals surface area contributed by atoms with E-state index in [1.54, 1.807) is 23.4 Å². The van der Waals surface area contributed by atoms with Crippen molar-refractivity contribution >= 4 is 16.9 Å². The molecule has 2 aromatic heterocycles. The van der Waals surface area contributed by atoms with Crippen molar-refractivity contribution in [2.45, 2.75) is 39.3 Å². The number of aryl methyl sites for hydroxylation is 1. The van der Waals surface area contributed by atoms with Crippen LogP contribution < -0.4 is 10.2 Å². The summed E-state index contributed by atoms with van der Waals surface area (Å²) in [6.45, 7) is 5.02. The van der Waals surface area contributed by atoms with Crippen LogP contribution in [0, 0.1) is 6.92 Å². The van der Waals surface area contributed by atoms with Gasteiger partial charge in [0, 0.05) is 18.9 Å². The summed E-state index contributed by atoms with van der Waals surface area (Å²) in [5.74, 6) is 0.576. The fourth-order valence-electron chi connectivity index (χ4n) is 4.41. The number of ether oxygens (including phenoxy) is 1. The average molecular weight is 455 g/mol. The fraction of sp³-hybridized carbons (Fsp3) is 0.250. The molecular weight excluding hydrogens is 428 g/mol. The van der Waals surface area contributed by atoms with Gasteiger partial charge in [-0.3, -0.25) is 14.6 Å². The van der Waals surface area contributed by atoms with E-state index in [-0.39, 0.29) is 17.1 Å². The molecule has 0 spiro atoms. The lowest BCUT2D eigenvalue weighted by Crippen LogP contribution is -2.29. The number of amides is 1. The summed E-state index contributed by atoms with van der Waals surface area (Å²) < 4.78 is 11.8. The van der Waals surface area contributed by atoms with Crippen LogP contribution in [0.5, 0.6) is 5.75 Å². The van der Waals surface area contributed by atoms with E-state index in [0.717, 1.165) is 35.3 Å². The van der Waals surface area contributed by atoms with E-state index < -0.39 is 6.04 Å². The molecule has 5 rings (SSSR count). The smallest absolute Gasteiger partial charge is 0.291 e. The van der Waals surface area contributed by atoms with Gasteiger partial charge in [0.25, 0.3) is 5.91 Å². The van der Waals surface area contributed by atoms with E-state index in [2.05, 4.69) is 11.9 Å². The highest BCUT2D eigenvalue weighted by Gasteiger charge is 2.42. The lowest BCUT2D eigenvalue weighted by atomic mass is 9.98. The van der Waals surface area contributed by atoms with Crippen LogP contribution in [0.4, 0.5) is 0 Å². The highest BCUT2D eigenvalue weighted by Crippen LogP contribution is 2.39. The number of hydrogen-bond acceptors (Lipinski definition) is 5. The number of rotatable bonds is 7. The average Bonchev–Trinajstić information content (AvgIpc) is 3.12. The van der Waals surface area contributed by atoms with Gasteiger partial charge in [-0.2, -0.15) is 0 Å². The van der Waals surface area contributed by atoms with Gasteiger partial charge in [-0.1, -0.05) is 43.2 Å². The molecular formula is C28H26N2O4. The molecule has 6 nitrogen and oxygen atoms in total. The van der Waals surface area contributed by atoms with Gasteiger partial charge in [-0.05, 0) is 54.8 Å². The van der Waals surface area contributed by atoms with Gasteiger partial charge < -0.3 is 14.1 Å². The lowest BCUT2D eigenvalue weighted by Gasteiger charge is -2.25. The van der Waals surface area contributed by atoms with Crippen LogP contribution in [0.2, 0.25) is 0 Å². The van der Waals surface area contributed by atoms with Crippen LogP contribution >= 0.6 is 0 Å². The minimum Gasteiger partial charge on any atom is -0.494 e. The van der Waals surface area contributed by atoms with E-state index >= 15 is 0 Å². The SMILES string of the molecule is CCCCOc1ccc([C@@H]2c3c(oc4ccc(C)cc4c3=O)C(=O)N2Cc2cccnc2)cc1. The minimum atomic E-state index is -0.562. The molecule has 1 aliphatic rings. The van der Waals surface area contributed by atoms with Crippen LogP contribution in [0.15, 0.2) is 76.2 Å². The molecule has 6 heteroatoms. The largest absolute Gasteiger partial charge is 0.494 e. The predicted octanol–water partition coefficient (Wildman–Crippen LogP) is 5.42. The van der Waals surface area contributed by atoms with Crippen LogP contribution in [-0.4, -0.2) is 22.4 Å². The highest BCUT2D eigenvalue weighted by molar-refractivity contribution is 5.99. The van der Waals surface area contributed by atoms with Crippen LogP contribution in [0.1, 0.15) is 58.6 Å². The molecule has 1 atom stereocenters. The molecule has 0 fully saturated rings. The van der Waals surface area contributed by atoms with Gasteiger partial charge >= 0.3 is 0 Å². The normalized spacial score (nSPS) is 15.1. The van der Waals surface area contributed by atoms with Crippen molar-refractivity contribution in [3.8, 4) is 5.75 Å². The lowest BCUT2D eigenvalue weighted by molar-refractivity contribution is 0.0714. The Labute approximate surface area is 197 Å². The van der Waals surface area contributed by atoms with Crippen molar-refractivity contribution in [2.75, 3.05) is 6.61 Å². The number of unbranched alkanes of at least 4 members (excludes halogenated alkanes) is 1. The second-order valence-corrected chi connectivity index (χ2v) is 8.64. The Morgan fingerprint density at radius 2 is 1.91 bits per heavy atom. The summed E-state index contributed by atoms with van der Waals surface area (Å²) in [6.07, 6.45) is 5.47. The summed E-state index contributed by atoms with van der Waals surface area (Å²) in [7, 11) is 0. The molecule has 0 unspecified atom stereocenters. The molecule has 3 heterocycles. The molecule has 0 aliphatic carbocycles. The second kappa shape index (κ2) is 9.14. The Kier molecular flexibility index (Phi) is 5.88. The molecule has 172 valence electrons. The number of nitrogens with zero attached hydrogens (tertiary/aromatic N) is 2. The maximum Gasteiger partial charge on any atom is 0.291 e. The zero-order chi connectivity index (χ0) is 23.7. The Bertz CT molecular complexity index is 1390. The van der Waals surface area contributed by atoms with Crippen LogP contribution in [0.25, 0.3) is 11.0 Å². The first kappa shape index (κ1) is 21.9. The third kappa shape index (κ3) is 3.96. The topological polar surface area (TPSA) is 72.6 Å². The van der Waals surface area contributed by atoms with Crippen molar-refractivity contribution in [1.82, 2.24) is 9.88 Å². The predicted molar refractivity (Wildman–Crippen MR) is 130 cm³/mol. The molecule has 0 bridgehead atoms. The molecule has 4 aromatic rings. The Hall–Kier alpha value is -3.93. The number of benzene rings is 2. The number of aromatic nitrogens is 1. The summed E-state index contributed by atoms with van der Waals surface area (Å²) in [5, 5.41) is 0.485. The number of carbonyl (C=O) groups excluding carboxylic acids is 1. The molecule has 34 heavy (non-hydrogen) atoms. The minimum absolute atomic E-state index is 0.110. The van der Waals surface area contributed by atoms with Crippen molar-refractivity contribution in [1.29, 1.82) is 0 Å². The van der Waals surface area contributed by atoms with Crippen LogP contribution in [0.3, 0.4) is 0 Å². The third-order valence-corrected chi connectivity index (χ3v) is 6.16. The van der Waals surface area contributed by atoms with E-state index in [9.17, 15) is 9.59 Å². The van der Waals surface area contributed by atoms with Gasteiger partial charge in [-0.15, -0.1) is 0 Å². The van der Waals surface area contributed by atoms with E-state index in [1.165, 1.54) is 0 Å². The standard InChI is InChI=1S/C28H26N2O4/c1-3-4-14-33-21-10-8-20(9-11-21)25-24-26(31)22-15-18(2)7-12-23(22)34-27(24)28(32)30(25)17-19-6-5-13-29-16-19/h5-13,15-16,25H,3-4,14,17H2,1-2H3/t25-/m1/s1. The fourth-order valence-corrected chi connectivity index (χ4v) is 4.41. The van der Waals surface area contributed by atoms with Gasteiger partial charge in [0.1, 0.15) is 11.3 Å². The zero-order valence-electron chi connectivity index (χ0n) is 19.3. The maximum atomic E-state index is 13.7. The molecule has 0 N–H and O–H groups in total. The monoisotopic (exact) mass is 454 g/mol. The van der Waals surface area contributed by atoms with Crippen LogP contribution in [-0.2, 0) is 6.54 Å². The Morgan fingerprint density at radius 1 is 1.09 bits per heavy atom. The van der Waals surface area contributed by atoms with E-state index in [1.807, 2.05) is 55.5 Å². The molecule has 1 aliphatic heterocycles. The summed E-state index contributed by atoms with van der Waals surface area (Å²) >= 11 is 0. The number of fused-ring (bicyclic) bond motifs is 2. The Balaban J connectivity index is 1.62. The Morgan fingerprint density at radius 3 is 2.65 bits per heavy atom. The number of carbonyl (C=O) groups is 1. The van der Waals surface area contributed by atoms with Gasteiger partial charge in [-0.25, -0.2) is 0 Å². The van der Waals surface area contributed by atoms with Crippen molar-refractivity contribution in [3.05, 3.63) is 105 Å². The van der Waals surface area contributed by atoms with Crippen molar-refractivity contribution < 1.29 is 13.9 Å². The van der Waals surface area contributed by atoms with E-state index in [4.69, 9.17) is 9.15 Å². The third-order valence-electron chi connectivity index (χ3n) is 6.16. The maximum absolute atomic E-state index is 13.7. The van der Waals surface area contributed by atoms with E-state index in [0.29, 0.717) is 29.7 Å². The molecule has 0 saturated heterocycles. The molecule has 1 amide bonds. The molecule has 0 radical (unpaired) electrons. The van der Waals surface area contributed by atoms with Gasteiger partial charge in [0.15, 0.2) is 5.43 Å². The zero-order valence-corrected chi connectivity index (χ0v) is 19.3. The van der Waals surface area contributed by atoms with Crippen molar-refractivity contribution in [2.24, 2.45) is 0 Å². The quantitative estimate of drug-likeness (QED) is 0.349. The second-order valence-electron chi connectivity index (χ2n) is 8.64. The van der Waals surface area contributed by atoms with Gasteiger partial charge in [0.2, 0.25) is 5.76 Å². The number of pyridine rings is 1. The highest BCUT2D eigenvalue weighted by atomic mass is 16.5. The molecule has 2 aromatic carbocycles. The first-order valence-electron chi connectivity index (χ1n) is 11.6.